The Kier molecular flexibility index (Phi) is 3.36. The third-order valence-electron chi connectivity index (χ3n) is 3.56. The summed E-state index contributed by atoms with van der Waals surface area (Å²) in [6.45, 7) is 0. The van der Waals surface area contributed by atoms with E-state index in [2.05, 4.69) is 0 Å². The maximum atomic E-state index is 11.9. The molecule has 4 nitrogen and oxygen atoms in total. The van der Waals surface area contributed by atoms with E-state index in [0.717, 1.165) is 23.2 Å². The molecule has 1 aromatic rings. The topological polar surface area (TPSA) is 52.6 Å². The van der Waals surface area contributed by atoms with Crippen molar-refractivity contribution in [2.45, 2.75) is 19.3 Å². The minimum absolute atomic E-state index is 0.191. The number of rotatable bonds is 4. The van der Waals surface area contributed by atoms with Gasteiger partial charge in [0.15, 0.2) is 0 Å². The fourth-order valence-corrected chi connectivity index (χ4v) is 2.61. The monoisotopic (exact) mass is 248 g/mol. The van der Waals surface area contributed by atoms with Crippen molar-refractivity contribution in [3.63, 3.8) is 0 Å². The van der Waals surface area contributed by atoms with Gasteiger partial charge in [-0.05, 0) is 36.1 Å². The molecule has 0 radical (unpaired) electrons. The van der Waals surface area contributed by atoms with Crippen LogP contribution in [0.15, 0.2) is 18.2 Å². The van der Waals surface area contributed by atoms with Crippen molar-refractivity contribution < 1.29 is 19.1 Å². The summed E-state index contributed by atoms with van der Waals surface area (Å²) in [6.07, 6.45) is 2.07. The average Bonchev–Trinajstić information content (AvgIpc) is 2.76. The highest BCUT2D eigenvalue weighted by atomic mass is 16.5. The summed E-state index contributed by atoms with van der Waals surface area (Å²) in [5.41, 5.74) is 1.41. The molecule has 96 valence electrons. The van der Waals surface area contributed by atoms with E-state index in [4.69, 9.17) is 9.47 Å². The van der Waals surface area contributed by atoms with Gasteiger partial charge in [-0.15, -0.1) is 0 Å². The number of hydrogen-bond donors (Lipinski definition) is 0. The van der Waals surface area contributed by atoms with Crippen LogP contribution < -0.4 is 4.74 Å². The van der Waals surface area contributed by atoms with E-state index in [1.165, 1.54) is 7.11 Å². The lowest BCUT2D eigenvalue weighted by molar-refractivity contribution is -0.153. The summed E-state index contributed by atoms with van der Waals surface area (Å²) in [5, 5.41) is 0. The van der Waals surface area contributed by atoms with Gasteiger partial charge in [-0.1, -0.05) is 6.07 Å². The molecule has 0 saturated carbocycles. The number of carbonyl (C=O) groups excluding carboxylic acids is 2. The van der Waals surface area contributed by atoms with E-state index in [-0.39, 0.29) is 12.4 Å². The van der Waals surface area contributed by atoms with E-state index in [1.807, 2.05) is 18.2 Å². The van der Waals surface area contributed by atoms with Crippen molar-refractivity contribution in [1.29, 1.82) is 0 Å². The van der Waals surface area contributed by atoms with E-state index in [0.29, 0.717) is 12.8 Å². The maximum Gasteiger partial charge on any atom is 0.312 e. The van der Waals surface area contributed by atoms with Crippen LogP contribution in [0.25, 0.3) is 0 Å². The number of ether oxygens (including phenoxy) is 2. The van der Waals surface area contributed by atoms with Gasteiger partial charge in [0.25, 0.3) is 0 Å². The molecule has 18 heavy (non-hydrogen) atoms. The Morgan fingerprint density at radius 1 is 1.33 bits per heavy atom. The van der Waals surface area contributed by atoms with Gasteiger partial charge in [0.05, 0.1) is 19.6 Å². The summed E-state index contributed by atoms with van der Waals surface area (Å²) in [7, 11) is 2.97. The molecule has 0 aromatic heterocycles. The molecule has 2 rings (SSSR count). The van der Waals surface area contributed by atoms with Gasteiger partial charge in [-0.2, -0.15) is 0 Å². The molecule has 4 heteroatoms. The van der Waals surface area contributed by atoms with Crippen molar-refractivity contribution in [3.05, 3.63) is 29.3 Å². The first-order chi connectivity index (χ1) is 8.65. The second-order valence-corrected chi connectivity index (χ2v) is 4.63. The highest BCUT2D eigenvalue weighted by Crippen LogP contribution is 2.41. The highest BCUT2D eigenvalue weighted by Gasteiger charge is 2.44. The second-order valence-electron chi connectivity index (χ2n) is 4.63. The first-order valence-electron chi connectivity index (χ1n) is 5.83. The number of aldehydes is 1. The minimum atomic E-state index is -0.731. The van der Waals surface area contributed by atoms with Gasteiger partial charge in [-0.3, -0.25) is 4.79 Å². The molecule has 0 heterocycles. The summed E-state index contributed by atoms with van der Waals surface area (Å²) in [5.74, 6) is 0.449. The lowest BCUT2D eigenvalue weighted by Crippen LogP contribution is -2.33. The minimum Gasteiger partial charge on any atom is -0.497 e. The molecule has 0 saturated heterocycles. The summed E-state index contributed by atoms with van der Waals surface area (Å²) >= 11 is 0. The van der Waals surface area contributed by atoms with E-state index in [9.17, 15) is 9.59 Å². The Morgan fingerprint density at radius 3 is 2.67 bits per heavy atom. The van der Waals surface area contributed by atoms with Crippen molar-refractivity contribution >= 4 is 12.3 Å². The SMILES string of the molecule is COC(=O)C1(CC=O)Cc2ccc(OC)cc2C1. The number of fused-ring (bicyclic) bond motifs is 1. The molecule has 1 atom stereocenters. The molecule has 0 bridgehead atoms. The van der Waals surface area contributed by atoms with Crippen molar-refractivity contribution in [1.82, 2.24) is 0 Å². The van der Waals surface area contributed by atoms with Gasteiger partial charge < -0.3 is 14.3 Å². The number of methoxy groups -OCH3 is 2. The molecule has 0 fully saturated rings. The summed E-state index contributed by atoms with van der Waals surface area (Å²) in [4.78, 5) is 22.8. The number of hydrogen-bond acceptors (Lipinski definition) is 4. The zero-order valence-corrected chi connectivity index (χ0v) is 10.6. The molecule has 1 aliphatic carbocycles. The van der Waals surface area contributed by atoms with Crippen LogP contribution in [-0.2, 0) is 27.2 Å². The fraction of sp³-hybridized carbons (Fsp3) is 0.429. The van der Waals surface area contributed by atoms with Gasteiger partial charge in [0, 0.05) is 6.42 Å². The fourth-order valence-electron chi connectivity index (χ4n) is 2.61. The summed E-state index contributed by atoms with van der Waals surface area (Å²) in [6, 6.07) is 5.74. The first kappa shape index (κ1) is 12.6. The quantitative estimate of drug-likeness (QED) is 0.599. The maximum absolute atomic E-state index is 11.9. The van der Waals surface area contributed by atoms with Crippen LogP contribution in [0.3, 0.4) is 0 Å². The third kappa shape index (κ3) is 1.98. The predicted octanol–water partition coefficient (Wildman–Crippen LogP) is 1.54. The van der Waals surface area contributed by atoms with Crippen LogP contribution in [0.2, 0.25) is 0 Å². The van der Waals surface area contributed by atoms with Gasteiger partial charge in [0.2, 0.25) is 0 Å². The van der Waals surface area contributed by atoms with Crippen LogP contribution in [-0.4, -0.2) is 26.5 Å². The molecule has 0 amide bonds. The van der Waals surface area contributed by atoms with Crippen molar-refractivity contribution in [2.75, 3.05) is 14.2 Å². The Balaban J connectivity index is 2.34. The predicted molar refractivity (Wildman–Crippen MR) is 65.5 cm³/mol. The Labute approximate surface area is 106 Å². The van der Waals surface area contributed by atoms with Crippen LogP contribution in [0.4, 0.5) is 0 Å². The Morgan fingerprint density at radius 2 is 2.06 bits per heavy atom. The molecule has 0 spiro atoms. The van der Waals surface area contributed by atoms with Crippen LogP contribution in [0, 0.1) is 5.41 Å². The Hall–Kier alpha value is -1.84. The average molecular weight is 248 g/mol. The lowest BCUT2D eigenvalue weighted by atomic mass is 9.82. The normalized spacial score (nSPS) is 21.2. The molecular weight excluding hydrogens is 232 g/mol. The molecule has 0 N–H and O–H groups in total. The first-order valence-corrected chi connectivity index (χ1v) is 5.83. The number of esters is 1. The zero-order valence-electron chi connectivity index (χ0n) is 10.6. The Bertz CT molecular complexity index is 481. The van der Waals surface area contributed by atoms with Crippen LogP contribution in [0.1, 0.15) is 17.5 Å². The van der Waals surface area contributed by atoms with Crippen LogP contribution in [0.5, 0.6) is 5.75 Å². The number of benzene rings is 1. The molecule has 1 aliphatic rings. The van der Waals surface area contributed by atoms with E-state index >= 15 is 0 Å². The van der Waals surface area contributed by atoms with E-state index < -0.39 is 5.41 Å². The van der Waals surface area contributed by atoms with Crippen molar-refractivity contribution in [3.8, 4) is 5.75 Å². The zero-order chi connectivity index (χ0) is 13.2. The van der Waals surface area contributed by atoms with Crippen molar-refractivity contribution in [2.24, 2.45) is 5.41 Å². The standard InChI is InChI=1S/C14H16O4/c1-17-12-4-3-10-8-14(5-6-15,13(16)18-2)9-11(10)7-12/h3-4,6-7H,5,8-9H2,1-2H3. The number of carbonyl (C=O) groups is 2. The van der Waals surface area contributed by atoms with Crippen LogP contribution >= 0.6 is 0 Å². The second kappa shape index (κ2) is 4.80. The lowest BCUT2D eigenvalue weighted by Gasteiger charge is -2.22. The van der Waals surface area contributed by atoms with Gasteiger partial charge >= 0.3 is 5.97 Å². The largest absolute Gasteiger partial charge is 0.497 e. The molecule has 0 aliphatic heterocycles. The molecule has 1 aromatic carbocycles. The highest BCUT2D eigenvalue weighted by molar-refractivity contribution is 5.82. The third-order valence-corrected chi connectivity index (χ3v) is 3.56. The summed E-state index contributed by atoms with van der Waals surface area (Å²) < 4.78 is 10.0. The molecule has 1 unspecified atom stereocenters. The van der Waals surface area contributed by atoms with Gasteiger partial charge in [-0.25, -0.2) is 0 Å². The van der Waals surface area contributed by atoms with E-state index in [1.54, 1.807) is 7.11 Å². The van der Waals surface area contributed by atoms with Gasteiger partial charge in [0.1, 0.15) is 12.0 Å². The molecular formula is C14H16O4. The smallest absolute Gasteiger partial charge is 0.312 e.